The number of nitrogens with one attached hydrogen (secondary N) is 1. The fourth-order valence-corrected chi connectivity index (χ4v) is 5.74. The Bertz CT molecular complexity index is 1370. The minimum absolute atomic E-state index is 0.0875. The number of ether oxygens (including phenoxy) is 1. The second-order valence-corrected chi connectivity index (χ2v) is 9.55. The van der Waals surface area contributed by atoms with Crippen molar-refractivity contribution in [3.8, 4) is 11.4 Å². The molecule has 1 saturated heterocycles. The number of rotatable bonds is 4. The first-order chi connectivity index (χ1) is 16.6. The molecule has 2 aromatic carbocycles. The lowest BCUT2D eigenvalue weighted by molar-refractivity contribution is 0.0705. The highest BCUT2D eigenvalue weighted by atomic mass is 16.5. The predicted octanol–water partition coefficient (Wildman–Crippen LogP) is 5.18. The summed E-state index contributed by atoms with van der Waals surface area (Å²) in [5, 5.41) is 6.09. The van der Waals surface area contributed by atoms with Crippen molar-refractivity contribution in [1.29, 1.82) is 0 Å². The number of H-pyrrole nitrogens is 1. The van der Waals surface area contributed by atoms with Gasteiger partial charge >= 0.3 is 0 Å². The van der Waals surface area contributed by atoms with Crippen molar-refractivity contribution in [3.63, 3.8) is 0 Å². The number of aromatic nitrogens is 3. The molecule has 34 heavy (non-hydrogen) atoms. The van der Waals surface area contributed by atoms with Crippen LogP contribution in [0.5, 0.6) is 5.75 Å². The number of piperidine rings is 1. The highest BCUT2D eigenvalue weighted by Gasteiger charge is 2.32. The SMILES string of the molecule is COc1ccc2[nH]cc(C3CCN(C(=O)c4nn(-c5ccccc5C)c5c4CCC5)CC3)c2c1. The molecule has 0 radical (unpaired) electrons. The van der Waals surface area contributed by atoms with Crippen molar-refractivity contribution < 1.29 is 9.53 Å². The van der Waals surface area contributed by atoms with E-state index in [1.165, 1.54) is 22.2 Å². The molecule has 3 heterocycles. The first-order valence-electron chi connectivity index (χ1n) is 12.2. The number of hydrogen-bond acceptors (Lipinski definition) is 3. The molecule has 0 atom stereocenters. The van der Waals surface area contributed by atoms with Gasteiger partial charge in [-0.25, -0.2) is 4.68 Å². The number of fused-ring (bicyclic) bond motifs is 2. The van der Waals surface area contributed by atoms with Crippen molar-refractivity contribution >= 4 is 16.8 Å². The van der Waals surface area contributed by atoms with Crippen LogP contribution >= 0.6 is 0 Å². The van der Waals surface area contributed by atoms with Crippen molar-refractivity contribution in [2.45, 2.75) is 44.9 Å². The van der Waals surface area contributed by atoms with Crippen LogP contribution in [0.1, 0.15) is 58.1 Å². The molecule has 1 fully saturated rings. The molecule has 6 heteroatoms. The van der Waals surface area contributed by atoms with Gasteiger partial charge in [0.05, 0.1) is 12.8 Å². The van der Waals surface area contributed by atoms with E-state index in [1.807, 2.05) is 27.8 Å². The Morgan fingerprint density at radius 1 is 1.12 bits per heavy atom. The summed E-state index contributed by atoms with van der Waals surface area (Å²) in [7, 11) is 1.70. The number of carbonyl (C=O) groups excluding carboxylic acids is 1. The Balaban J connectivity index is 1.23. The van der Waals surface area contributed by atoms with E-state index in [0.29, 0.717) is 11.6 Å². The standard InChI is InChI=1S/C28H30N4O2/c1-18-6-3-4-8-25(18)32-26-9-5-7-21(26)27(30-32)28(33)31-14-12-19(13-15-31)23-17-29-24-11-10-20(34-2)16-22(23)24/h3-4,6,8,10-11,16-17,19,29H,5,7,9,12-15H2,1-2H3. The summed E-state index contributed by atoms with van der Waals surface area (Å²) in [5.74, 6) is 1.39. The number of aryl methyl sites for hydroxylation is 1. The average molecular weight is 455 g/mol. The first-order valence-corrected chi connectivity index (χ1v) is 12.2. The van der Waals surface area contributed by atoms with Crippen LogP contribution in [0, 0.1) is 6.92 Å². The number of methoxy groups -OCH3 is 1. The smallest absolute Gasteiger partial charge is 0.274 e. The molecule has 1 aliphatic heterocycles. The van der Waals surface area contributed by atoms with Gasteiger partial charge in [0, 0.05) is 41.4 Å². The third-order valence-corrected chi connectivity index (χ3v) is 7.62. The van der Waals surface area contributed by atoms with E-state index < -0.39 is 0 Å². The van der Waals surface area contributed by atoms with E-state index >= 15 is 0 Å². The maximum absolute atomic E-state index is 13.6. The quantitative estimate of drug-likeness (QED) is 0.462. The van der Waals surface area contributed by atoms with Crippen LogP contribution in [0.15, 0.2) is 48.7 Å². The Morgan fingerprint density at radius 2 is 1.94 bits per heavy atom. The van der Waals surface area contributed by atoms with Gasteiger partial charge in [-0.3, -0.25) is 4.79 Å². The molecule has 1 amide bonds. The molecule has 1 aliphatic carbocycles. The van der Waals surface area contributed by atoms with E-state index in [1.54, 1.807) is 7.11 Å². The van der Waals surface area contributed by atoms with E-state index in [4.69, 9.17) is 9.84 Å². The number of carbonyl (C=O) groups is 1. The summed E-state index contributed by atoms with van der Waals surface area (Å²) in [6.45, 7) is 3.61. The number of amides is 1. The number of nitrogens with zero attached hydrogens (tertiary/aromatic N) is 3. The van der Waals surface area contributed by atoms with Crippen LogP contribution in [0.3, 0.4) is 0 Å². The van der Waals surface area contributed by atoms with Crippen LogP contribution in [0.4, 0.5) is 0 Å². The van der Waals surface area contributed by atoms with Crippen LogP contribution in [0.25, 0.3) is 16.6 Å². The summed E-state index contributed by atoms with van der Waals surface area (Å²) in [5.41, 5.74) is 7.73. The predicted molar refractivity (Wildman–Crippen MR) is 133 cm³/mol. The van der Waals surface area contributed by atoms with Gasteiger partial charge in [0.15, 0.2) is 5.69 Å². The lowest BCUT2D eigenvalue weighted by Crippen LogP contribution is -2.38. The summed E-state index contributed by atoms with van der Waals surface area (Å²) >= 11 is 0. The van der Waals surface area contributed by atoms with Crippen LogP contribution in [0.2, 0.25) is 0 Å². The third-order valence-electron chi connectivity index (χ3n) is 7.62. The molecule has 6 rings (SSSR count). The molecule has 0 bridgehead atoms. The zero-order valence-electron chi connectivity index (χ0n) is 19.8. The summed E-state index contributed by atoms with van der Waals surface area (Å²) in [4.78, 5) is 19.0. The Hall–Kier alpha value is -3.54. The molecule has 0 unspecified atom stereocenters. The Labute approximate surface area is 199 Å². The molecular weight excluding hydrogens is 424 g/mol. The number of benzene rings is 2. The van der Waals surface area contributed by atoms with Crippen LogP contribution in [-0.4, -0.2) is 45.8 Å². The summed E-state index contributed by atoms with van der Waals surface area (Å²) in [6.07, 6.45) is 7.05. The molecule has 174 valence electrons. The Kier molecular flexibility index (Phi) is 5.16. The van der Waals surface area contributed by atoms with Gasteiger partial charge in [-0.05, 0) is 80.3 Å². The second-order valence-electron chi connectivity index (χ2n) is 9.55. The molecule has 4 aromatic rings. The molecule has 0 spiro atoms. The van der Waals surface area contributed by atoms with Crippen molar-refractivity contribution in [1.82, 2.24) is 19.7 Å². The molecule has 2 aromatic heterocycles. The van der Waals surface area contributed by atoms with Gasteiger partial charge < -0.3 is 14.6 Å². The zero-order valence-corrected chi connectivity index (χ0v) is 19.8. The minimum Gasteiger partial charge on any atom is -0.497 e. The summed E-state index contributed by atoms with van der Waals surface area (Å²) in [6, 6.07) is 14.4. The monoisotopic (exact) mass is 454 g/mol. The van der Waals surface area contributed by atoms with Crippen molar-refractivity contribution in [2.24, 2.45) is 0 Å². The second kappa shape index (κ2) is 8.35. The number of hydrogen-bond donors (Lipinski definition) is 1. The molecule has 1 N–H and O–H groups in total. The first kappa shape index (κ1) is 21.0. The molecule has 6 nitrogen and oxygen atoms in total. The minimum atomic E-state index is 0.0875. The highest BCUT2D eigenvalue weighted by Crippen LogP contribution is 2.36. The molecular formula is C28H30N4O2. The third kappa shape index (κ3) is 3.40. The topological polar surface area (TPSA) is 63.1 Å². The van der Waals surface area contributed by atoms with Gasteiger partial charge in [0.2, 0.25) is 0 Å². The molecule has 0 saturated carbocycles. The lowest BCUT2D eigenvalue weighted by atomic mass is 9.89. The van der Waals surface area contributed by atoms with Gasteiger partial charge in [-0.2, -0.15) is 5.10 Å². The van der Waals surface area contributed by atoms with Gasteiger partial charge in [0.1, 0.15) is 5.75 Å². The van der Waals surface area contributed by atoms with E-state index in [-0.39, 0.29) is 5.91 Å². The average Bonchev–Trinajstić information content (AvgIpc) is 3.59. The maximum Gasteiger partial charge on any atom is 0.274 e. The fraction of sp³-hybridized carbons (Fsp3) is 0.357. The van der Waals surface area contributed by atoms with E-state index in [2.05, 4.69) is 42.4 Å². The largest absolute Gasteiger partial charge is 0.497 e. The Morgan fingerprint density at radius 3 is 2.74 bits per heavy atom. The van der Waals surface area contributed by atoms with Gasteiger partial charge in [-0.1, -0.05) is 18.2 Å². The normalized spacial score (nSPS) is 16.2. The fourth-order valence-electron chi connectivity index (χ4n) is 5.74. The summed E-state index contributed by atoms with van der Waals surface area (Å²) < 4.78 is 7.46. The van der Waals surface area contributed by atoms with Crippen LogP contribution in [-0.2, 0) is 12.8 Å². The van der Waals surface area contributed by atoms with Gasteiger partial charge in [-0.15, -0.1) is 0 Å². The lowest BCUT2D eigenvalue weighted by Gasteiger charge is -2.31. The van der Waals surface area contributed by atoms with Crippen molar-refractivity contribution in [3.05, 3.63) is 76.7 Å². The highest BCUT2D eigenvalue weighted by molar-refractivity contribution is 5.94. The number of likely N-dealkylation sites (tertiary alicyclic amines) is 1. The number of para-hydroxylation sites is 1. The zero-order chi connectivity index (χ0) is 23.2. The van der Waals surface area contributed by atoms with E-state index in [0.717, 1.165) is 67.7 Å². The van der Waals surface area contributed by atoms with Crippen molar-refractivity contribution in [2.75, 3.05) is 20.2 Å². The maximum atomic E-state index is 13.6. The van der Waals surface area contributed by atoms with Gasteiger partial charge in [0.25, 0.3) is 5.91 Å². The van der Waals surface area contributed by atoms with E-state index in [9.17, 15) is 4.79 Å². The van der Waals surface area contributed by atoms with Crippen LogP contribution < -0.4 is 4.74 Å². The number of aromatic amines is 1. The molecule has 2 aliphatic rings.